The molecule has 2 heterocycles. The molecule has 1 aromatic heterocycles. The first-order chi connectivity index (χ1) is 12.6. The molecule has 1 aromatic rings. The van der Waals surface area contributed by atoms with Crippen LogP contribution in [0.5, 0.6) is 5.88 Å². The van der Waals surface area contributed by atoms with Gasteiger partial charge in [-0.25, -0.2) is 4.98 Å². The predicted molar refractivity (Wildman–Crippen MR) is 86.3 cm³/mol. The van der Waals surface area contributed by atoms with Crippen molar-refractivity contribution in [1.82, 2.24) is 9.88 Å². The lowest BCUT2D eigenvalue weighted by Gasteiger charge is -2.34. The summed E-state index contributed by atoms with van der Waals surface area (Å²) < 4.78 is 89.7. The highest BCUT2D eigenvalue weighted by molar-refractivity contribution is 7.79. The summed E-state index contributed by atoms with van der Waals surface area (Å²) in [7, 11) is 0. The Kier molecular flexibility index (Phi) is 7.52. The second-order valence-electron chi connectivity index (χ2n) is 6.48. The number of hydrogen-bond acceptors (Lipinski definition) is 5. The third-order valence-corrected chi connectivity index (χ3v) is 5.08. The van der Waals surface area contributed by atoms with Crippen LogP contribution in [0.25, 0.3) is 0 Å². The van der Waals surface area contributed by atoms with Gasteiger partial charge in [0.25, 0.3) is 0 Å². The van der Waals surface area contributed by atoms with Crippen molar-refractivity contribution in [1.29, 1.82) is 0 Å². The van der Waals surface area contributed by atoms with Crippen molar-refractivity contribution in [2.75, 3.05) is 26.2 Å². The maximum atomic E-state index is 13.1. The van der Waals surface area contributed by atoms with Gasteiger partial charge >= 0.3 is 12.1 Å². The van der Waals surface area contributed by atoms with E-state index >= 15 is 0 Å². The Morgan fingerprint density at radius 3 is 2.41 bits per heavy atom. The Labute approximate surface area is 156 Å². The number of halogens is 5. The van der Waals surface area contributed by atoms with Gasteiger partial charge in [0.2, 0.25) is 5.88 Å². The molecule has 1 aliphatic rings. The zero-order valence-corrected chi connectivity index (χ0v) is 15.2. The van der Waals surface area contributed by atoms with Crippen molar-refractivity contribution in [3.8, 4) is 5.88 Å². The second-order valence-corrected chi connectivity index (χ2v) is 7.42. The van der Waals surface area contributed by atoms with Crippen molar-refractivity contribution in [3.05, 3.63) is 18.3 Å². The monoisotopic (exact) mass is 415 g/mol. The Hall–Kier alpha value is -1.33. The van der Waals surface area contributed by atoms with Crippen LogP contribution in [0.15, 0.2) is 23.2 Å². The van der Waals surface area contributed by atoms with Gasteiger partial charge in [0, 0.05) is 17.2 Å². The summed E-state index contributed by atoms with van der Waals surface area (Å²) in [6, 6.07) is 2.82. The van der Waals surface area contributed by atoms with Crippen molar-refractivity contribution < 1.29 is 35.5 Å². The lowest BCUT2D eigenvalue weighted by atomic mass is 9.92. The molecule has 0 amide bonds. The van der Waals surface area contributed by atoms with Gasteiger partial charge in [-0.3, -0.25) is 9.11 Å². The predicted octanol–water partition coefficient (Wildman–Crippen LogP) is 3.39. The number of piperidine rings is 1. The smallest absolute Gasteiger partial charge is 0.454 e. The fraction of sp³-hybridized carbons (Fsp3) is 0.688. The van der Waals surface area contributed by atoms with E-state index < -0.39 is 29.7 Å². The van der Waals surface area contributed by atoms with Crippen LogP contribution in [0.1, 0.15) is 25.7 Å². The van der Waals surface area contributed by atoms with Crippen molar-refractivity contribution >= 4 is 11.1 Å². The third-order valence-electron chi connectivity index (χ3n) is 4.45. The number of rotatable bonds is 8. The fourth-order valence-electron chi connectivity index (χ4n) is 2.90. The maximum Gasteiger partial charge on any atom is 0.454 e. The number of hydrogen-bond donors (Lipinski definition) is 0. The van der Waals surface area contributed by atoms with Crippen molar-refractivity contribution in [2.24, 2.45) is 5.92 Å². The normalized spacial score (nSPS) is 18.4. The standard InChI is InChI=1S/C16H21F5N2O3S/c17-15(18,16(19,20)21)11-23-7-5-12(6-8-23)2-1-9-26-14-4-3-13(10-22-14)27(24)25/h3-4,10,12H,1-2,5-9,11H2,(H,24,25)/p-1. The van der Waals surface area contributed by atoms with Gasteiger partial charge in [-0.2, -0.15) is 22.0 Å². The Morgan fingerprint density at radius 1 is 1.22 bits per heavy atom. The molecule has 1 fully saturated rings. The summed E-state index contributed by atoms with van der Waals surface area (Å²) in [4.78, 5) is 5.08. The summed E-state index contributed by atoms with van der Waals surface area (Å²) in [5.74, 6) is -4.13. The lowest BCUT2D eigenvalue weighted by molar-refractivity contribution is -0.287. The average Bonchev–Trinajstić information content (AvgIpc) is 2.59. The van der Waals surface area contributed by atoms with Crippen LogP contribution >= 0.6 is 0 Å². The van der Waals surface area contributed by atoms with E-state index in [1.54, 1.807) is 0 Å². The van der Waals surface area contributed by atoms with Gasteiger partial charge in [0.1, 0.15) is 0 Å². The van der Waals surface area contributed by atoms with E-state index in [0.717, 1.165) is 11.3 Å². The molecule has 154 valence electrons. The highest BCUT2D eigenvalue weighted by atomic mass is 32.2. The number of pyridine rings is 1. The number of likely N-dealkylation sites (tertiary alicyclic amines) is 1. The molecular weight excluding hydrogens is 395 g/mol. The number of alkyl halides is 5. The first kappa shape index (κ1) is 22.0. The van der Waals surface area contributed by atoms with E-state index in [1.807, 2.05) is 0 Å². The van der Waals surface area contributed by atoms with Crippen LogP contribution in [0, 0.1) is 5.92 Å². The van der Waals surface area contributed by atoms with Crippen LogP contribution in [-0.2, 0) is 11.1 Å². The molecule has 0 radical (unpaired) electrons. The van der Waals surface area contributed by atoms with Gasteiger partial charge in [-0.1, -0.05) is 0 Å². The quantitative estimate of drug-likeness (QED) is 0.370. The van der Waals surface area contributed by atoms with E-state index in [4.69, 9.17) is 4.74 Å². The average molecular weight is 415 g/mol. The number of aromatic nitrogens is 1. The molecule has 27 heavy (non-hydrogen) atoms. The molecule has 1 unspecified atom stereocenters. The van der Waals surface area contributed by atoms with Crippen molar-refractivity contribution in [3.63, 3.8) is 0 Å². The van der Waals surface area contributed by atoms with E-state index in [-0.39, 0.29) is 23.9 Å². The zero-order valence-electron chi connectivity index (χ0n) is 14.4. The first-order valence-electron chi connectivity index (χ1n) is 8.43. The van der Waals surface area contributed by atoms with Crippen LogP contribution in [0.3, 0.4) is 0 Å². The zero-order chi connectivity index (χ0) is 20.1. The van der Waals surface area contributed by atoms with E-state index in [2.05, 4.69) is 4.98 Å². The third kappa shape index (κ3) is 6.65. The van der Waals surface area contributed by atoms with Gasteiger partial charge in [0.15, 0.2) is 0 Å². The Balaban J connectivity index is 1.64. The van der Waals surface area contributed by atoms with Crippen LogP contribution in [-0.4, -0.2) is 57.0 Å². The molecule has 0 N–H and O–H groups in total. The summed E-state index contributed by atoms with van der Waals surface area (Å²) >= 11 is -2.34. The first-order valence-corrected chi connectivity index (χ1v) is 9.51. The molecule has 0 aliphatic carbocycles. The van der Waals surface area contributed by atoms with Crippen LogP contribution in [0.4, 0.5) is 22.0 Å². The number of nitrogens with zero attached hydrogens (tertiary/aromatic N) is 2. The minimum absolute atomic E-state index is 0.0604. The highest BCUT2D eigenvalue weighted by Gasteiger charge is 2.58. The van der Waals surface area contributed by atoms with E-state index in [1.165, 1.54) is 18.3 Å². The minimum atomic E-state index is -5.52. The maximum absolute atomic E-state index is 13.1. The van der Waals surface area contributed by atoms with Gasteiger partial charge in [-0.05, 0) is 61.8 Å². The van der Waals surface area contributed by atoms with E-state index in [9.17, 15) is 30.7 Å². The van der Waals surface area contributed by atoms with Gasteiger partial charge in [0.05, 0.1) is 13.2 Å². The topological polar surface area (TPSA) is 65.5 Å². The second kappa shape index (κ2) is 9.24. The largest absolute Gasteiger partial charge is 0.768 e. The van der Waals surface area contributed by atoms with E-state index in [0.29, 0.717) is 31.7 Å². The molecule has 0 spiro atoms. The molecule has 5 nitrogen and oxygen atoms in total. The molecule has 1 aliphatic heterocycles. The molecule has 11 heteroatoms. The molecular formula is C16H20F5N2O3S-. The van der Waals surface area contributed by atoms with Crippen LogP contribution < -0.4 is 4.74 Å². The summed E-state index contributed by atoms with van der Waals surface area (Å²) in [6.07, 6.45) is -1.75. The molecule has 2 rings (SSSR count). The molecule has 0 bridgehead atoms. The molecule has 0 aromatic carbocycles. The van der Waals surface area contributed by atoms with Gasteiger partial charge < -0.3 is 9.29 Å². The number of ether oxygens (including phenoxy) is 1. The lowest BCUT2D eigenvalue weighted by Crippen LogP contribution is -2.49. The highest BCUT2D eigenvalue weighted by Crippen LogP contribution is 2.36. The van der Waals surface area contributed by atoms with Crippen molar-refractivity contribution in [2.45, 2.75) is 42.7 Å². The Morgan fingerprint density at radius 2 is 1.89 bits per heavy atom. The Bertz CT molecular complexity index is 619. The molecule has 0 saturated carbocycles. The SMILES string of the molecule is O=S([O-])c1ccc(OCCCC2CCN(CC(F)(F)C(F)(F)F)CC2)nc1. The van der Waals surface area contributed by atoms with Gasteiger partial charge in [-0.15, -0.1) is 0 Å². The summed E-state index contributed by atoms with van der Waals surface area (Å²) in [6.45, 7) is -0.500. The minimum Gasteiger partial charge on any atom is -0.768 e. The summed E-state index contributed by atoms with van der Waals surface area (Å²) in [5, 5.41) is 0. The van der Waals surface area contributed by atoms with Crippen LogP contribution in [0.2, 0.25) is 0 Å². The molecule has 1 atom stereocenters. The summed E-state index contributed by atoms with van der Waals surface area (Å²) in [5.41, 5.74) is 0. The molecule has 1 saturated heterocycles. The fourth-order valence-corrected chi connectivity index (χ4v) is 3.22.